The van der Waals surface area contributed by atoms with E-state index in [1.165, 1.54) is 23.1 Å². The molecule has 0 radical (unpaired) electrons. The number of sulfonamides is 1. The highest BCUT2D eigenvalue weighted by Crippen LogP contribution is 2.24. The fourth-order valence-corrected chi connectivity index (χ4v) is 4.23. The minimum absolute atomic E-state index is 0.000350. The molecule has 2 aromatic rings. The highest BCUT2D eigenvalue weighted by atomic mass is 35.5. The summed E-state index contributed by atoms with van der Waals surface area (Å²) in [6, 6.07) is 8.61. The van der Waals surface area contributed by atoms with E-state index >= 15 is 0 Å². The third kappa shape index (κ3) is 7.58. The molecule has 2 aromatic carbocycles. The molecule has 0 aromatic heterocycles. The number of carbonyl (C=O) groups is 2. The Morgan fingerprint density at radius 1 is 1.06 bits per heavy atom. The Kier molecular flexibility index (Phi) is 9.11. The van der Waals surface area contributed by atoms with Crippen LogP contribution < -0.4 is 9.62 Å². The van der Waals surface area contributed by atoms with Crippen molar-refractivity contribution in [1.82, 2.24) is 10.2 Å². The molecule has 0 fully saturated rings. The summed E-state index contributed by atoms with van der Waals surface area (Å²) in [7, 11) is -3.93. The lowest BCUT2D eigenvalue weighted by Crippen LogP contribution is -2.52. The molecule has 0 aliphatic heterocycles. The van der Waals surface area contributed by atoms with Gasteiger partial charge < -0.3 is 10.2 Å². The Hall–Kier alpha value is -2.36. The summed E-state index contributed by atoms with van der Waals surface area (Å²) in [4.78, 5) is 27.3. The number of nitrogens with one attached hydrogen (secondary N) is 1. The number of halogens is 3. The molecule has 0 heterocycles. The maximum Gasteiger partial charge on any atom is 0.244 e. The van der Waals surface area contributed by atoms with Crippen LogP contribution in [0.25, 0.3) is 0 Å². The van der Waals surface area contributed by atoms with Crippen LogP contribution in [0.3, 0.4) is 0 Å². The standard InChI is InChI=1S/C22H26Cl2FN3O4S/c1-14(2)26-22(30)15(3)27(12-16-8-9-19(23)20(24)10-16)21(29)13-28(33(4,31)32)18-7-5-6-17(25)11-18/h5-11,14-15H,12-13H2,1-4H3,(H,26,30)/t15-/m0/s1. The molecule has 0 aliphatic carbocycles. The van der Waals surface area contributed by atoms with E-state index < -0.39 is 40.2 Å². The molecule has 0 saturated carbocycles. The molecule has 0 bridgehead atoms. The molecular weight excluding hydrogens is 492 g/mol. The molecule has 180 valence electrons. The lowest BCUT2D eigenvalue weighted by molar-refractivity contribution is -0.139. The van der Waals surface area contributed by atoms with E-state index in [1.807, 2.05) is 0 Å². The fraction of sp³-hybridized carbons (Fsp3) is 0.364. The van der Waals surface area contributed by atoms with Gasteiger partial charge in [-0.3, -0.25) is 13.9 Å². The van der Waals surface area contributed by atoms with E-state index in [1.54, 1.807) is 39.0 Å². The predicted molar refractivity (Wildman–Crippen MR) is 128 cm³/mol. The van der Waals surface area contributed by atoms with Crippen LogP contribution >= 0.6 is 23.2 Å². The highest BCUT2D eigenvalue weighted by molar-refractivity contribution is 7.92. The highest BCUT2D eigenvalue weighted by Gasteiger charge is 2.30. The summed E-state index contributed by atoms with van der Waals surface area (Å²) < 4.78 is 39.4. The van der Waals surface area contributed by atoms with Gasteiger partial charge >= 0.3 is 0 Å². The maximum atomic E-state index is 13.7. The van der Waals surface area contributed by atoms with Gasteiger partial charge in [0.25, 0.3) is 0 Å². The van der Waals surface area contributed by atoms with Gasteiger partial charge in [0.1, 0.15) is 18.4 Å². The molecule has 0 aliphatic rings. The van der Waals surface area contributed by atoms with E-state index in [-0.39, 0.29) is 23.3 Å². The average molecular weight is 518 g/mol. The summed E-state index contributed by atoms with van der Waals surface area (Å²) in [6.45, 7) is 4.46. The molecule has 7 nitrogen and oxygen atoms in total. The maximum absolute atomic E-state index is 13.7. The summed E-state index contributed by atoms with van der Waals surface area (Å²) in [5.41, 5.74) is 0.596. The van der Waals surface area contributed by atoms with Crippen LogP contribution in [-0.4, -0.2) is 50.0 Å². The Balaban J connectivity index is 2.41. The van der Waals surface area contributed by atoms with Gasteiger partial charge in [-0.1, -0.05) is 35.3 Å². The summed E-state index contributed by atoms with van der Waals surface area (Å²) in [5.74, 6) is -1.71. The Morgan fingerprint density at radius 2 is 1.73 bits per heavy atom. The van der Waals surface area contributed by atoms with Gasteiger partial charge in [-0.2, -0.15) is 0 Å². The zero-order valence-corrected chi connectivity index (χ0v) is 21.0. The van der Waals surface area contributed by atoms with Crippen LogP contribution in [0.5, 0.6) is 0 Å². The van der Waals surface area contributed by atoms with E-state index in [0.29, 0.717) is 10.6 Å². The SMILES string of the molecule is CC(C)NC(=O)[C@H](C)N(Cc1ccc(Cl)c(Cl)c1)C(=O)CN(c1cccc(F)c1)S(C)(=O)=O. The first-order valence-electron chi connectivity index (χ1n) is 10.1. The van der Waals surface area contributed by atoms with Crippen LogP contribution in [0.1, 0.15) is 26.3 Å². The molecule has 0 saturated heterocycles. The first-order valence-corrected chi connectivity index (χ1v) is 12.7. The number of rotatable bonds is 9. The normalized spacial score (nSPS) is 12.4. The average Bonchev–Trinajstić information content (AvgIpc) is 2.70. The van der Waals surface area contributed by atoms with Crippen molar-refractivity contribution in [1.29, 1.82) is 0 Å². The van der Waals surface area contributed by atoms with Crippen LogP contribution in [0.15, 0.2) is 42.5 Å². The summed E-state index contributed by atoms with van der Waals surface area (Å²) in [5, 5.41) is 3.35. The second kappa shape index (κ2) is 11.2. The molecule has 0 spiro atoms. The van der Waals surface area contributed by atoms with E-state index in [9.17, 15) is 22.4 Å². The van der Waals surface area contributed by atoms with Crippen LogP contribution in [0, 0.1) is 5.82 Å². The number of anilines is 1. The first kappa shape index (κ1) is 26.9. The number of amides is 2. The van der Waals surface area contributed by atoms with Crippen LogP contribution in [-0.2, 0) is 26.2 Å². The number of hydrogen-bond acceptors (Lipinski definition) is 4. The quantitative estimate of drug-likeness (QED) is 0.547. The lowest BCUT2D eigenvalue weighted by atomic mass is 10.1. The van der Waals surface area contributed by atoms with Crippen molar-refractivity contribution < 1.29 is 22.4 Å². The number of hydrogen-bond donors (Lipinski definition) is 1. The van der Waals surface area contributed by atoms with Gasteiger partial charge in [0.15, 0.2) is 0 Å². The van der Waals surface area contributed by atoms with Crippen molar-refractivity contribution in [3.8, 4) is 0 Å². The van der Waals surface area contributed by atoms with Crippen molar-refractivity contribution in [2.45, 2.75) is 39.4 Å². The molecular formula is C22H26Cl2FN3O4S. The molecule has 1 atom stereocenters. The number of benzene rings is 2. The number of carbonyl (C=O) groups excluding carboxylic acids is 2. The van der Waals surface area contributed by atoms with Crippen molar-refractivity contribution in [2.24, 2.45) is 0 Å². The van der Waals surface area contributed by atoms with Crippen molar-refractivity contribution in [2.75, 3.05) is 17.1 Å². The topological polar surface area (TPSA) is 86.8 Å². The van der Waals surface area contributed by atoms with E-state index in [0.717, 1.165) is 16.6 Å². The van der Waals surface area contributed by atoms with Crippen molar-refractivity contribution in [3.05, 3.63) is 63.9 Å². The monoisotopic (exact) mass is 517 g/mol. The third-order valence-corrected chi connectivity index (χ3v) is 6.59. The minimum atomic E-state index is -3.93. The molecule has 2 amide bonds. The fourth-order valence-electron chi connectivity index (χ4n) is 3.07. The van der Waals surface area contributed by atoms with Gasteiger partial charge in [0, 0.05) is 12.6 Å². The largest absolute Gasteiger partial charge is 0.352 e. The van der Waals surface area contributed by atoms with Gasteiger partial charge in [-0.25, -0.2) is 12.8 Å². The smallest absolute Gasteiger partial charge is 0.244 e. The molecule has 2 rings (SSSR count). The molecule has 11 heteroatoms. The van der Waals surface area contributed by atoms with Gasteiger partial charge in [-0.15, -0.1) is 0 Å². The third-order valence-electron chi connectivity index (χ3n) is 4.71. The Bertz CT molecular complexity index is 1130. The van der Waals surface area contributed by atoms with Crippen molar-refractivity contribution in [3.63, 3.8) is 0 Å². The summed E-state index contributed by atoms with van der Waals surface area (Å²) >= 11 is 12.1. The van der Waals surface area contributed by atoms with Gasteiger partial charge in [-0.05, 0) is 56.7 Å². The second-order valence-corrected chi connectivity index (χ2v) is 10.6. The van der Waals surface area contributed by atoms with Crippen LogP contribution in [0.2, 0.25) is 10.0 Å². The lowest BCUT2D eigenvalue weighted by Gasteiger charge is -2.32. The minimum Gasteiger partial charge on any atom is -0.352 e. The van der Waals surface area contributed by atoms with Gasteiger partial charge in [0.2, 0.25) is 21.8 Å². The zero-order chi connectivity index (χ0) is 24.9. The predicted octanol–water partition coefficient (Wildman–Crippen LogP) is 3.84. The van der Waals surface area contributed by atoms with Crippen molar-refractivity contribution >= 4 is 50.7 Å². The summed E-state index contributed by atoms with van der Waals surface area (Å²) in [6.07, 6.45) is 0.920. The zero-order valence-electron chi connectivity index (χ0n) is 18.7. The molecule has 33 heavy (non-hydrogen) atoms. The second-order valence-electron chi connectivity index (χ2n) is 7.86. The van der Waals surface area contributed by atoms with Gasteiger partial charge in [0.05, 0.1) is 22.0 Å². The van der Waals surface area contributed by atoms with E-state index in [4.69, 9.17) is 23.2 Å². The number of nitrogens with zero attached hydrogens (tertiary/aromatic N) is 2. The Labute approximate surface area is 203 Å². The van der Waals surface area contributed by atoms with Crippen LogP contribution in [0.4, 0.5) is 10.1 Å². The Morgan fingerprint density at radius 3 is 2.27 bits per heavy atom. The molecule has 1 N–H and O–H groups in total. The first-order chi connectivity index (χ1) is 15.3. The molecule has 0 unspecified atom stereocenters. The van der Waals surface area contributed by atoms with E-state index in [2.05, 4.69) is 5.32 Å².